The number of hydrogen-bond acceptors (Lipinski definition) is 8. The largest absolute Gasteiger partial charge is 0.497 e. The van der Waals surface area contributed by atoms with Gasteiger partial charge in [-0.2, -0.15) is 0 Å². The lowest BCUT2D eigenvalue weighted by atomic mass is 10.2. The van der Waals surface area contributed by atoms with Crippen LogP contribution in [0, 0.1) is 10.1 Å². The smallest absolute Gasteiger partial charge is 0.306 e. The van der Waals surface area contributed by atoms with Crippen LogP contribution in [0.2, 0.25) is 0 Å². The molecular weight excluding hydrogens is 422 g/mol. The number of amides is 2. The molecular formula is C21H23N3O8. The van der Waals surface area contributed by atoms with Gasteiger partial charge in [-0.15, -0.1) is 0 Å². The number of methoxy groups -OCH3 is 2. The van der Waals surface area contributed by atoms with Crippen molar-refractivity contribution in [1.29, 1.82) is 0 Å². The average Bonchev–Trinajstić information content (AvgIpc) is 2.78. The summed E-state index contributed by atoms with van der Waals surface area (Å²) in [6.07, 6.45) is 0.208. The van der Waals surface area contributed by atoms with Crippen molar-refractivity contribution in [2.24, 2.45) is 0 Å². The Balaban J connectivity index is 1.69. The summed E-state index contributed by atoms with van der Waals surface area (Å²) in [6, 6.07) is 10.2. The second-order valence-electron chi connectivity index (χ2n) is 6.48. The molecule has 11 nitrogen and oxygen atoms in total. The normalized spacial score (nSPS) is 10.1. The standard InChI is InChI=1S/C21H23N3O8/c1-30-16-10-11-17(18(12-16)31-2)23-20(26)13-32-21(27)5-3-4-19(25)22-14-6-8-15(9-7-14)24(28)29/h6-12H,3-5,13H2,1-2H3,(H,22,25)(H,23,26). The molecule has 2 rings (SSSR count). The quantitative estimate of drug-likeness (QED) is 0.305. The summed E-state index contributed by atoms with van der Waals surface area (Å²) in [5.41, 5.74) is 0.728. The highest BCUT2D eigenvalue weighted by molar-refractivity contribution is 5.94. The maximum Gasteiger partial charge on any atom is 0.306 e. The third-order valence-electron chi connectivity index (χ3n) is 4.19. The minimum atomic E-state index is -0.620. The highest BCUT2D eigenvalue weighted by Gasteiger charge is 2.12. The summed E-state index contributed by atoms with van der Waals surface area (Å²) in [5, 5.41) is 15.8. The minimum Gasteiger partial charge on any atom is -0.497 e. The Morgan fingerprint density at radius 3 is 2.28 bits per heavy atom. The van der Waals surface area contributed by atoms with Crippen LogP contribution in [-0.4, -0.2) is 43.5 Å². The molecule has 2 aromatic carbocycles. The Hall–Kier alpha value is -4.15. The molecule has 0 aliphatic heterocycles. The molecule has 0 heterocycles. The molecule has 0 aliphatic rings. The van der Waals surface area contributed by atoms with E-state index in [-0.39, 0.29) is 30.9 Å². The van der Waals surface area contributed by atoms with Crippen molar-refractivity contribution >= 4 is 34.8 Å². The second kappa shape index (κ2) is 11.9. The van der Waals surface area contributed by atoms with Gasteiger partial charge in [0.25, 0.3) is 11.6 Å². The maximum absolute atomic E-state index is 12.0. The molecule has 2 aromatic rings. The zero-order valence-electron chi connectivity index (χ0n) is 17.6. The van der Waals surface area contributed by atoms with E-state index in [1.807, 2.05) is 0 Å². The Bertz CT molecular complexity index is 976. The lowest BCUT2D eigenvalue weighted by Gasteiger charge is -2.11. The van der Waals surface area contributed by atoms with Gasteiger partial charge in [-0.25, -0.2) is 0 Å². The molecule has 0 radical (unpaired) electrons. The number of benzene rings is 2. The van der Waals surface area contributed by atoms with Gasteiger partial charge in [0.1, 0.15) is 11.5 Å². The monoisotopic (exact) mass is 445 g/mol. The molecule has 0 fully saturated rings. The summed E-state index contributed by atoms with van der Waals surface area (Å²) < 4.78 is 15.2. The van der Waals surface area contributed by atoms with Crippen LogP contribution in [0.5, 0.6) is 11.5 Å². The molecule has 0 atom stereocenters. The van der Waals surface area contributed by atoms with Crippen LogP contribution in [-0.2, 0) is 19.1 Å². The summed E-state index contributed by atoms with van der Waals surface area (Å²) in [4.78, 5) is 45.8. The number of carbonyl (C=O) groups is 3. The number of rotatable bonds is 11. The Labute approximate surface area is 183 Å². The van der Waals surface area contributed by atoms with Crippen LogP contribution in [0.4, 0.5) is 17.1 Å². The lowest BCUT2D eigenvalue weighted by molar-refractivity contribution is -0.384. The zero-order valence-corrected chi connectivity index (χ0v) is 17.6. The van der Waals surface area contributed by atoms with Crippen molar-refractivity contribution in [1.82, 2.24) is 0 Å². The van der Waals surface area contributed by atoms with Crippen molar-refractivity contribution in [2.75, 3.05) is 31.5 Å². The van der Waals surface area contributed by atoms with E-state index in [0.29, 0.717) is 22.9 Å². The molecule has 0 unspecified atom stereocenters. The summed E-state index contributed by atoms with van der Waals surface area (Å²) in [7, 11) is 2.95. The molecule has 0 aliphatic carbocycles. The molecule has 0 saturated carbocycles. The predicted molar refractivity (Wildman–Crippen MR) is 115 cm³/mol. The van der Waals surface area contributed by atoms with Crippen molar-refractivity contribution < 1.29 is 33.5 Å². The number of non-ortho nitro benzene ring substituents is 1. The SMILES string of the molecule is COc1ccc(NC(=O)COC(=O)CCCC(=O)Nc2ccc([N+](=O)[O-])cc2)c(OC)c1. The van der Waals surface area contributed by atoms with Crippen LogP contribution >= 0.6 is 0 Å². The number of hydrogen-bond donors (Lipinski definition) is 2. The van der Waals surface area contributed by atoms with Gasteiger partial charge < -0.3 is 24.8 Å². The van der Waals surface area contributed by atoms with Crippen molar-refractivity contribution in [3.63, 3.8) is 0 Å². The number of nitrogens with one attached hydrogen (secondary N) is 2. The Morgan fingerprint density at radius 1 is 0.938 bits per heavy atom. The van der Waals surface area contributed by atoms with E-state index in [2.05, 4.69) is 10.6 Å². The summed E-state index contributed by atoms with van der Waals surface area (Å²) >= 11 is 0. The fourth-order valence-corrected chi connectivity index (χ4v) is 2.59. The first-order valence-corrected chi connectivity index (χ1v) is 9.54. The lowest BCUT2D eigenvalue weighted by Crippen LogP contribution is -2.21. The molecule has 2 amide bonds. The molecule has 0 saturated heterocycles. The Kier molecular flexibility index (Phi) is 8.96. The number of nitro benzene ring substituents is 1. The molecule has 0 bridgehead atoms. The van der Waals surface area contributed by atoms with Gasteiger partial charge >= 0.3 is 5.97 Å². The van der Waals surface area contributed by atoms with Gasteiger partial charge in [-0.1, -0.05) is 0 Å². The third-order valence-corrected chi connectivity index (χ3v) is 4.19. The number of ether oxygens (including phenoxy) is 3. The van der Waals surface area contributed by atoms with E-state index in [9.17, 15) is 24.5 Å². The maximum atomic E-state index is 12.0. The fraction of sp³-hybridized carbons (Fsp3) is 0.286. The Morgan fingerprint density at radius 2 is 1.66 bits per heavy atom. The first-order chi connectivity index (χ1) is 15.3. The van der Waals surface area contributed by atoms with E-state index in [1.54, 1.807) is 18.2 Å². The number of nitrogens with zero attached hydrogens (tertiary/aromatic N) is 1. The number of esters is 1. The summed E-state index contributed by atoms with van der Waals surface area (Å²) in [5.74, 6) is -0.564. The average molecular weight is 445 g/mol. The van der Waals surface area contributed by atoms with Crippen LogP contribution in [0.15, 0.2) is 42.5 Å². The number of carbonyl (C=O) groups excluding carboxylic acids is 3. The van der Waals surface area contributed by atoms with Crippen LogP contribution in [0.1, 0.15) is 19.3 Å². The van der Waals surface area contributed by atoms with Gasteiger partial charge in [0.05, 0.1) is 24.8 Å². The predicted octanol–water partition coefficient (Wildman–Crippen LogP) is 2.90. The molecule has 32 heavy (non-hydrogen) atoms. The van der Waals surface area contributed by atoms with Crippen molar-refractivity contribution in [2.45, 2.75) is 19.3 Å². The highest BCUT2D eigenvalue weighted by atomic mass is 16.6. The highest BCUT2D eigenvalue weighted by Crippen LogP contribution is 2.28. The van der Waals surface area contributed by atoms with E-state index >= 15 is 0 Å². The van der Waals surface area contributed by atoms with Crippen LogP contribution in [0.25, 0.3) is 0 Å². The third kappa shape index (κ3) is 7.59. The van der Waals surface area contributed by atoms with Gasteiger partial charge in [-0.3, -0.25) is 24.5 Å². The van der Waals surface area contributed by atoms with E-state index in [1.165, 1.54) is 38.5 Å². The first kappa shape index (κ1) is 24.1. The van der Waals surface area contributed by atoms with Crippen LogP contribution in [0.3, 0.4) is 0 Å². The van der Waals surface area contributed by atoms with Crippen molar-refractivity contribution in [3.05, 3.63) is 52.6 Å². The molecule has 2 N–H and O–H groups in total. The molecule has 0 spiro atoms. The zero-order chi connectivity index (χ0) is 23.5. The number of anilines is 2. The summed E-state index contributed by atoms with van der Waals surface area (Å²) in [6.45, 7) is -0.483. The van der Waals surface area contributed by atoms with E-state index < -0.39 is 23.4 Å². The van der Waals surface area contributed by atoms with Gasteiger partial charge in [0.2, 0.25) is 5.91 Å². The molecule has 0 aromatic heterocycles. The topological polar surface area (TPSA) is 146 Å². The number of nitro groups is 1. The van der Waals surface area contributed by atoms with Gasteiger partial charge in [-0.05, 0) is 30.7 Å². The van der Waals surface area contributed by atoms with Crippen LogP contribution < -0.4 is 20.1 Å². The molecule has 170 valence electrons. The fourth-order valence-electron chi connectivity index (χ4n) is 2.59. The van der Waals surface area contributed by atoms with E-state index in [0.717, 1.165) is 0 Å². The van der Waals surface area contributed by atoms with E-state index in [4.69, 9.17) is 14.2 Å². The minimum absolute atomic E-state index is 0.0430. The van der Waals surface area contributed by atoms with Gasteiger partial charge in [0.15, 0.2) is 6.61 Å². The van der Waals surface area contributed by atoms with Crippen molar-refractivity contribution in [3.8, 4) is 11.5 Å². The van der Waals surface area contributed by atoms with Gasteiger partial charge in [0, 0.05) is 36.7 Å². The second-order valence-corrected chi connectivity index (χ2v) is 6.48. The molecule has 11 heteroatoms. The first-order valence-electron chi connectivity index (χ1n) is 9.54.